The number of carbonyl (C=O) groups is 3. The van der Waals surface area contributed by atoms with Crippen molar-refractivity contribution in [3.05, 3.63) is 35.9 Å². The molecule has 0 aliphatic heterocycles. The number of esters is 1. The van der Waals surface area contributed by atoms with Gasteiger partial charge in [0.1, 0.15) is 17.4 Å². The molecule has 0 bridgehead atoms. The summed E-state index contributed by atoms with van der Waals surface area (Å²) in [6.45, 7) is 7.08. The maximum absolute atomic E-state index is 12.1. The van der Waals surface area contributed by atoms with Crippen LogP contribution < -0.4 is 5.32 Å². The van der Waals surface area contributed by atoms with Crippen LogP contribution in [0, 0.1) is 0 Å². The Hall–Kier alpha value is -2.37. The summed E-state index contributed by atoms with van der Waals surface area (Å²) in [5, 5.41) is 2.49. The number of nitrogens with one attached hydrogen (secondary N) is 1. The zero-order valence-electron chi connectivity index (χ0n) is 15.3. The summed E-state index contributed by atoms with van der Waals surface area (Å²) in [5.74, 6) is -0.577. The first-order valence-electron chi connectivity index (χ1n) is 8.43. The molecule has 0 saturated heterocycles. The van der Waals surface area contributed by atoms with Crippen molar-refractivity contribution in [3.63, 3.8) is 0 Å². The Bertz CT molecular complexity index is 577. The average Bonchev–Trinajstić information content (AvgIpc) is 2.50. The van der Waals surface area contributed by atoms with Crippen LogP contribution >= 0.6 is 0 Å². The number of hydrogen-bond donors (Lipinski definition) is 1. The zero-order chi connectivity index (χ0) is 18.9. The monoisotopic (exact) mass is 349 g/mol. The first-order valence-corrected chi connectivity index (χ1v) is 8.43. The van der Waals surface area contributed by atoms with Crippen LogP contribution in [-0.2, 0) is 25.5 Å². The van der Waals surface area contributed by atoms with Crippen LogP contribution in [0.5, 0.6) is 0 Å². The quantitative estimate of drug-likeness (QED) is 0.730. The van der Waals surface area contributed by atoms with Crippen LogP contribution in [0.4, 0.5) is 4.79 Å². The third-order valence-corrected chi connectivity index (χ3v) is 3.22. The first kappa shape index (κ1) is 20.7. The number of rotatable bonds is 8. The highest BCUT2D eigenvalue weighted by Crippen LogP contribution is 2.10. The Kier molecular flexibility index (Phi) is 8.11. The fraction of sp³-hybridized carbons (Fsp3) is 0.526. The molecule has 1 atom stereocenters. The summed E-state index contributed by atoms with van der Waals surface area (Å²) in [7, 11) is 0. The van der Waals surface area contributed by atoms with Crippen LogP contribution in [0.2, 0.25) is 0 Å². The molecule has 1 rings (SSSR count). The van der Waals surface area contributed by atoms with Crippen molar-refractivity contribution in [1.29, 1.82) is 0 Å². The first-order chi connectivity index (χ1) is 11.7. The highest BCUT2D eigenvalue weighted by molar-refractivity contribution is 5.84. The molecule has 1 N–H and O–H groups in total. The van der Waals surface area contributed by atoms with E-state index in [0.29, 0.717) is 6.42 Å². The van der Waals surface area contributed by atoms with E-state index in [1.54, 1.807) is 27.7 Å². The van der Waals surface area contributed by atoms with Gasteiger partial charge in [-0.3, -0.25) is 4.79 Å². The highest BCUT2D eigenvalue weighted by Gasteiger charge is 2.25. The van der Waals surface area contributed by atoms with E-state index >= 15 is 0 Å². The van der Waals surface area contributed by atoms with Crippen LogP contribution in [0.15, 0.2) is 30.3 Å². The fourth-order valence-corrected chi connectivity index (χ4v) is 2.16. The highest BCUT2D eigenvalue weighted by atomic mass is 16.6. The molecule has 138 valence electrons. The fourth-order valence-electron chi connectivity index (χ4n) is 2.16. The van der Waals surface area contributed by atoms with Gasteiger partial charge in [0.15, 0.2) is 0 Å². The van der Waals surface area contributed by atoms with Crippen molar-refractivity contribution in [1.82, 2.24) is 5.32 Å². The normalized spacial score (nSPS) is 12.2. The Morgan fingerprint density at radius 2 is 1.76 bits per heavy atom. The summed E-state index contributed by atoms with van der Waals surface area (Å²) in [5.41, 5.74) is 0.243. The molecule has 0 fully saturated rings. The van der Waals surface area contributed by atoms with Gasteiger partial charge >= 0.3 is 12.1 Å². The van der Waals surface area contributed by atoms with Gasteiger partial charge < -0.3 is 14.8 Å². The predicted molar refractivity (Wildman–Crippen MR) is 94.2 cm³/mol. The lowest BCUT2D eigenvalue weighted by atomic mass is 10.0. The van der Waals surface area contributed by atoms with Crippen molar-refractivity contribution in [2.24, 2.45) is 0 Å². The van der Waals surface area contributed by atoms with Gasteiger partial charge in [0.25, 0.3) is 0 Å². The molecule has 0 unspecified atom stereocenters. The molecule has 1 aromatic rings. The second kappa shape index (κ2) is 9.81. The largest absolute Gasteiger partial charge is 0.464 e. The van der Waals surface area contributed by atoms with Crippen molar-refractivity contribution in [2.45, 2.75) is 58.6 Å². The molecule has 0 aliphatic carbocycles. The van der Waals surface area contributed by atoms with Gasteiger partial charge in [0, 0.05) is 12.8 Å². The number of hydrogen-bond acceptors (Lipinski definition) is 5. The number of amides is 1. The third kappa shape index (κ3) is 8.88. The summed E-state index contributed by atoms with van der Waals surface area (Å²) in [6.07, 6.45) is -0.0816. The lowest BCUT2D eigenvalue weighted by Crippen LogP contribution is -2.44. The van der Waals surface area contributed by atoms with Crippen LogP contribution in [0.1, 0.15) is 46.1 Å². The maximum Gasteiger partial charge on any atom is 0.408 e. The van der Waals surface area contributed by atoms with E-state index in [1.807, 2.05) is 30.3 Å². The van der Waals surface area contributed by atoms with Gasteiger partial charge in [-0.15, -0.1) is 0 Å². The molecule has 0 aliphatic rings. The number of Topliss-reactive ketones (excluding diaryl/α,β-unsaturated/α-hetero) is 1. The topological polar surface area (TPSA) is 81.7 Å². The number of alkyl carbamates (subject to hydrolysis) is 1. The zero-order valence-corrected chi connectivity index (χ0v) is 15.3. The summed E-state index contributed by atoms with van der Waals surface area (Å²) >= 11 is 0. The van der Waals surface area contributed by atoms with E-state index in [0.717, 1.165) is 5.56 Å². The number of ketones is 1. The summed E-state index contributed by atoms with van der Waals surface area (Å²) in [6, 6.07) is 8.46. The van der Waals surface area contributed by atoms with Gasteiger partial charge in [0.2, 0.25) is 0 Å². The SMILES string of the molecule is CCOC(=O)[C@H](CCC(=O)Cc1ccccc1)NC(=O)OC(C)(C)C. The van der Waals surface area contributed by atoms with Gasteiger partial charge in [-0.2, -0.15) is 0 Å². The third-order valence-electron chi connectivity index (χ3n) is 3.22. The molecule has 1 aromatic carbocycles. The minimum Gasteiger partial charge on any atom is -0.464 e. The Morgan fingerprint density at radius 3 is 2.32 bits per heavy atom. The second-order valence-corrected chi connectivity index (χ2v) is 6.69. The van der Waals surface area contributed by atoms with Crippen molar-refractivity contribution >= 4 is 17.8 Å². The van der Waals surface area contributed by atoms with E-state index in [2.05, 4.69) is 5.32 Å². The van der Waals surface area contributed by atoms with Crippen molar-refractivity contribution in [3.8, 4) is 0 Å². The maximum atomic E-state index is 12.1. The molecule has 0 aromatic heterocycles. The van der Waals surface area contributed by atoms with Gasteiger partial charge in [-0.25, -0.2) is 9.59 Å². The van der Waals surface area contributed by atoms with E-state index < -0.39 is 23.7 Å². The number of carbonyl (C=O) groups excluding carboxylic acids is 3. The van der Waals surface area contributed by atoms with Gasteiger partial charge in [-0.1, -0.05) is 30.3 Å². The van der Waals surface area contributed by atoms with Crippen molar-refractivity contribution < 1.29 is 23.9 Å². The summed E-state index contributed by atoms with van der Waals surface area (Å²) < 4.78 is 10.1. The lowest BCUT2D eigenvalue weighted by molar-refractivity contribution is -0.145. The predicted octanol–water partition coefficient (Wildman–Crippen LogP) is 3.03. The van der Waals surface area contributed by atoms with Crippen LogP contribution in [-0.4, -0.2) is 36.1 Å². The minimum atomic E-state index is -0.908. The molecule has 25 heavy (non-hydrogen) atoms. The molecular weight excluding hydrogens is 322 g/mol. The second-order valence-electron chi connectivity index (χ2n) is 6.69. The Labute approximate surface area is 148 Å². The van der Waals surface area contributed by atoms with Crippen molar-refractivity contribution in [2.75, 3.05) is 6.61 Å². The van der Waals surface area contributed by atoms with Crippen LogP contribution in [0.3, 0.4) is 0 Å². The van der Waals surface area contributed by atoms with Crippen LogP contribution in [0.25, 0.3) is 0 Å². The van der Waals surface area contributed by atoms with Gasteiger partial charge in [0.05, 0.1) is 6.61 Å². The van der Waals surface area contributed by atoms with E-state index in [-0.39, 0.29) is 25.2 Å². The summed E-state index contributed by atoms with van der Waals surface area (Å²) in [4.78, 5) is 36.0. The molecule has 0 radical (unpaired) electrons. The molecule has 0 spiro atoms. The Morgan fingerprint density at radius 1 is 1.12 bits per heavy atom. The minimum absolute atomic E-state index is 0.00788. The molecule has 0 saturated carbocycles. The lowest BCUT2D eigenvalue weighted by Gasteiger charge is -2.22. The van der Waals surface area contributed by atoms with Gasteiger partial charge in [-0.05, 0) is 39.7 Å². The molecule has 1 amide bonds. The number of benzene rings is 1. The molecule has 6 heteroatoms. The molecular formula is C19H27NO5. The Balaban J connectivity index is 2.59. The smallest absolute Gasteiger partial charge is 0.408 e. The standard InChI is InChI=1S/C19H27NO5/c1-5-24-17(22)16(20-18(23)25-19(2,3)4)12-11-15(21)13-14-9-7-6-8-10-14/h6-10,16H,5,11-13H2,1-4H3,(H,20,23)/t16-/m0/s1. The number of ether oxygens (including phenoxy) is 2. The van der Waals surface area contributed by atoms with E-state index in [1.165, 1.54) is 0 Å². The molecule has 0 heterocycles. The van der Waals surface area contributed by atoms with E-state index in [4.69, 9.17) is 9.47 Å². The molecule has 6 nitrogen and oxygen atoms in total. The van der Waals surface area contributed by atoms with E-state index in [9.17, 15) is 14.4 Å². The average molecular weight is 349 g/mol.